The molecule has 0 saturated carbocycles. The first-order valence-electron chi connectivity index (χ1n) is 6.95. The Hall–Kier alpha value is -2.43. The van der Waals surface area contributed by atoms with Crippen LogP contribution < -0.4 is 5.32 Å². The van der Waals surface area contributed by atoms with Crippen molar-refractivity contribution in [2.45, 2.75) is 26.3 Å². The Kier molecular flexibility index (Phi) is 4.87. The summed E-state index contributed by atoms with van der Waals surface area (Å²) in [5, 5.41) is 6.84. The smallest absolute Gasteiger partial charge is 0.244 e. The Labute approximate surface area is 124 Å². The molecule has 1 heterocycles. The standard InChI is InChI=1S/C16H20N4O/c1-12(2)14-7-4-13(5-8-14)6-9-16(21)17-10-15-18-11-20(3)19-15/h4-9,11-12H,10H2,1-3H3,(H,17,21). The molecule has 1 amide bonds. The number of carbonyl (C=O) groups is 1. The lowest BCUT2D eigenvalue weighted by atomic mass is 10.0. The van der Waals surface area contributed by atoms with Gasteiger partial charge >= 0.3 is 0 Å². The van der Waals surface area contributed by atoms with E-state index >= 15 is 0 Å². The predicted molar refractivity (Wildman–Crippen MR) is 82.4 cm³/mol. The summed E-state index contributed by atoms with van der Waals surface area (Å²) in [7, 11) is 1.79. The summed E-state index contributed by atoms with van der Waals surface area (Å²) in [6.07, 6.45) is 4.92. The first-order chi connectivity index (χ1) is 10.0. The van der Waals surface area contributed by atoms with E-state index in [-0.39, 0.29) is 5.91 Å². The summed E-state index contributed by atoms with van der Waals surface area (Å²) in [5.41, 5.74) is 2.29. The second-order valence-electron chi connectivity index (χ2n) is 5.21. The average molecular weight is 284 g/mol. The molecule has 1 aromatic heterocycles. The molecule has 0 aliphatic heterocycles. The van der Waals surface area contributed by atoms with Crippen LogP contribution in [0, 0.1) is 0 Å². The van der Waals surface area contributed by atoms with E-state index in [1.165, 1.54) is 11.6 Å². The van der Waals surface area contributed by atoms with Crippen molar-refractivity contribution in [3.8, 4) is 0 Å². The van der Waals surface area contributed by atoms with Gasteiger partial charge in [0, 0.05) is 13.1 Å². The third-order valence-corrected chi connectivity index (χ3v) is 3.10. The molecule has 0 radical (unpaired) electrons. The topological polar surface area (TPSA) is 59.8 Å². The summed E-state index contributed by atoms with van der Waals surface area (Å²) >= 11 is 0. The van der Waals surface area contributed by atoms with Crippen LogP contribution in [0.5, 0.6) is 0 Å². The number of nitrogens with zero attached hydrogens (tertiary/aromatic N) is 3. The van der Waals surface area contributed by atoms with Crippen LogP contribution in [0.25, 0.3) is 6.08 Å². The zero-order chi connectivity index (χ0) is 15.2. The molecule has 21 heavy (non-hydrogen) atoms. The molecule has 2 rings (SSSR count). The Balaban J connectivity index is 1.86. The van der Waals surface area contributed by atoms with Gasteiger partial charge in [0.1, 0.15) is 6.33 Å². The van der Waals surface area contributed by atoms with Gasteiger partial charge in [-0.05, 0) is 23.1 Å². The van der Waals surface area contributed by atoms with Crippen molar-refractivity contribution in [2.24, 2.45) is 7.05 Å². The van der Waals surface area contributed by atoms with Crippen LogP contribution in [0.4, 0.5) is 0 Å². The van der Waals surface area contributed by atoms with Crippen molar-refractivity contribution >= 4 is 12.0 Å². The molecule has 5 heteroatoms. The first kappa shape index (κ1) is 15.0. The van der Waals surface area contributed by atoms with Gasteiger partial charge < -0.3 is 5.32 Å². The second kappa shape index (κ2) is 6.83. The number of amides is 1. The van der Waals surface area contributed by atoms with Gasteiger partial charge in [0.05, 0.1) is 6.54 Å². The van der Waals surface area contributed by atoms with Gasteiger partial charge in [-0.25, -0.2) is 4.98 Å². The fourth-order valence-corrected chi connectivity index (χ4v) is 1.85. The Bertz CT molecular complexity index is 626. The summed E-state index contributed by atoms with van der Waals surface area (Å²) in [6, 6.07) is 8.19. The van der Waals surface area contributed by atoms with Crippen LogP contribution in [-0.2, 0) is 18.4 Å². The number of aromatic nitrogens is 3. The maximum atomic E-state index is 11.7. The molecular formula is C16H20N4O. The maximum Gasteiger partial charge on any atom is 0.244 e. The van der Waals surface area contributed by atoms with E-state index in [9.17, 15) is 4.79 Å². The van der Waals surface area contributed by atoms with E-state index < -0.39 is 0 Å². The number of nitrogens with one attached hydrogen (secondary N) is 1. The average Bonchev–Trinajstić information content (AvgIpc) is 2.89. The molecule has 0 unspecified atom stereocenters. The van der Waals surface area contributed by atoms with E-state index in [0.717, 1.165) is 5.56 Å². The van der Waals surface area contributed by atoms with E-state index in [0.29, 0.717) is 18.3 Å². The third-order valence-electron chi connectivity index (χ3n) is 3.10. The number of carbonyl (C=O) groups excluding carboxylic acids is 1. The summed E-state index contributed by atoms with van der Waals surface area (Å²) in [6.45, 7) is 4.64. The number of rotatable bonds is 5. The van der Waals surface area contributed by atoms with E-state index in [1.807, 2.05) is 12.1 Å². The zero-order valence-corrected chi connectivity index (χ0v) is 12.6. The molecule has 0 bridgehead atoms. The van der Waals surface area contributed by atoms with Crippen molar-refractivity contribution in [3.63, 3.8) is 0 Å². The maximum absolute atomic E-state index is 11.7. The van der Waals surface area contributed by atoms with Crippen LogP contribution in [0.15, 0.2) is 36.7 Å². The van der Waals surface area contributed by atoms with Crippen molar-refractivity contribution < 1.29 is 4.79 Å². The van der Waals surface area contributed by atoms with Crippen LogP contribution in [0.1, 0.15) is 36.7 Å². The highest BCUT2D eigenvalue weighted by molar-refractivity contribution is 5.91. The first-order valence-corrected chi connectivity index (χ1v) is 6.95. The lowest BCUT2D eigenvalue weighted by Crippen LogP contribution is -2.21. The van der Waals surface area contributed by atoms with Crippen molar-refractivity contribution in [1.29, 1.82) is 0 Å². The van der Waals surface area contributed by atoms with Gasteiger partial charge in [-0.15, -0.1) is 0 Å². The van der Waals surface area contributed by atoms with E-state index in [2.05, 4.69) is 41.4 Å². The molecule has 2 aromatic rings. The van der Waals surface area contributed by atoms with Gasteiger partial charge in [0.25, 0.3) is 0 Å². The Morgan fingerprint density at radius 1 is 1.33 bits per heavy atom. The number of hydrogen-bond donors (Lipinski definition) is 1. The second-order valence-corrected chi connectivity index (χ2v) is 5.21. The van der Waals surface area contributed by atoms with Gasteiger partial charge in [-0.2, -0.15) is 5.10 Å². The fourth-order valence-electron chi connectivity index (χ4n) is 1.85. The molecule has 110 valence electrons. The lowest BCUT2D eigenvalue weighted by Gasteiger charge is -2.04. The minimum absolute atomic E-state index is 0.157. The lowest BCUT2D eigenvalue weighted by molar-refractivity contribution is -0.116. The molecule has 0 aliphatic carbocycles. The normalized spacial score (nSPS) is 11.2. The third kappa shape index (κ3) is 4.56. The highest BCUT2D eigenvalue weighted by atomic mass is 16.1. The van der Waals surface area contributed by atoms with Crippen molar-refractivity contribution in [3.05, 3.63) is 53.6 Å². The zero-order valence-electron chi connectivity index (χ0n) is 12.6. The van der Waals surface area contributed by atoms with Gasteiger partial charge in [0.15, 0.2) is 5.82 Å². The molecule has 0 fully saturated rings. The highest BCUT2D eigenvalue weighted by Gasteiger charge is 2.01. The van der Waals surface area contributed by atoms with E-state index in [4.69, 9.17) is 0 Å². The molecule has 0 atom stereocenters. The minimum Gasteiger partial charge on any atom is -0.345 e. The van der Waals surface area contributed by atoms with Gasteiger partial charge in [0.2, 0.25) is 5.91 Å². The van der Waals surface area contributed by atoms with Crippen LogP contribution in [0.2, 0.25) is 0 Å². The fraction of sp³-hybridized carbons (Fsp3) is 0.312. The summed E-state index contributed by atoms with van der Waals surface area (Å²) < 4.78 is 1.60. The Morgan fingerprint density at radius 3 is 2.62 bits per heavy atom. The van der Waals surface area contributed by atoms with E-state index in [1.54, 1.807) is 24.1 Å². The Morgan fingerprint density at radius 2 is 2.05 bits per heavy atom. The molecule has 0 spiro atoms. The largest absolute Gasteiger partial charge is 0.345 e. The van der Waals surface area contributed by atoms with Crippen LogP contribution in [-0.4, -0.2) is 20.7 Å². The number of benzene rings is 1. The molecular weight excluding hydrogens is 264 g/mol. The predicted octanol–water partition coefficient (Wildman–Crippen LogP) is 2.27. The van der Waals surface area contributed by atoms with Gasteiger partial charge in [-0.3, -0.25) is 9.48 Å². The number of hydrogen-bond acceptors (Lipinski definition) is 3. The molecule has 5 nitrogen and oxygen atoms in total. The monoisotopic (exact) mass is 284 g/mol. The quantitative estimate of drug-likeness (QED) is 0.857. The van der Waals surface area contributed by atoms with Crippen LogP contribution in [0.3, 0.4) is 0 Å². The molecule has 0 saturated heterocycles. The SMILES string of the molecule is CC(C)c1ccc(C=CC(=O)NCc2ncn(C)n2)cc1. The summed E-state index contributed by atoms with van der Waals surface area (Å²) in [5.74, 6) is 0.952. The molecule has 0 aliphatic rings. The minimum atomic E-state index is -0.157. The van der Waals surface area contributed by atoms with Crippen LogP contribution >= 0.6 is 0 Å². The van der Waals surface area contributed by atoms with Crippen molar-refractivity contribution in [1.82, 2.24) is 20.1 Å². The number of aryl methyl sites for hydroxylation is 1. The van der Waals surface area contributed by atoms with Crippen molar-refractivity contribution in [2.75, 3.05) is 0 Å². The molecule has 1 aromatic carbocycles. The summed E-state index contributed by atoms with van der Waals surface area (Å²) in [4.78, 5) is 15.8. The molecule has 1 N–H and O–H groups in total. The highest BCUT2D eigenvalue weighted by Crippen LogP contribution is 2.15. The van der Waals surface area contributed by atoms with Gasteiger partial charge in [-0.1, -0.05) is 38.1 Å².